The van der Waals surface area contributed by atoms with Crippen molar-refractivity contribution in [3.05, 3.63) is 78.2 Å². The van der Waals surface area contributed by atoms with Gasteiger partial charge in [-0.05, 0) is 30.7 Å². The van der Waals surface area contributed by atoms with Gasteiger partial charge in [-0.3, -0.25) is 14.5 Å². The van der Waals surface area contributed by atoms with Crippen LogP contribution < -0.4 is 5.32 Å². The predicted molar refractivity (Wildman–Crippen MR) is 103 cm³/mol. The Balaban J connectivity index is 1.75. The number of aromatic nitrogens is 3. The number of para-hydroxylation sites is 1. The zero-order valence-electron chi connectivity index (χ0n) is 14.6. The summed E-state index contributed by atoms with van der Waals surface area (Å²) < 4.78 is 1.73. The molecule has 2 aromatic heterocycles. The van der Waals surface area contributed by atoms with Crippen molar-refractivity contribution in [2.45, 2.75) is 6.92 Å². The predicted octanol–water partition coefficient (Wildman–Crippen LogP) is 4.20. The van der Waals surface area contributed by atoms with Crippen molar-refractivity contribution in [1.82, 2.24) is 14.8 Å². The number of carbonyl (C=O) groups is 1. The second kappa shape index (κ2) is 6.44. The standard InChI is InChI=1S/C21H18N4O/c1-14-8-9-17(16-12-23-25(2)13-16)18(11-14)21(26)24-19-7-3-5-15-6-4-10-22-20(15)19/h3-13H,1-2H3,(H,24,26). The Morgan fingerprint density at radius 2 is 1.96 bits per heavy atom. The SMILES string of the molecule is Cc1ccc(-c2cnn(C)c2)c(C(=O)Nc2cccc3cccnc23)c1. The lowest BCUT2D eigenvalue weighted by molar-refractivity contribution is 0.102. The van der Waals surface area contributed by atoms with Crippen LogP contribution in [0, 0.1) is 6.92 Å². The van der Waals surface area contributed by atoms with Crippen LogP contribution in [0.5, 0.6) is 0 Å². The summed E-state index contributed by atoms with van der Waals surface area (Å²) in [5.74, 6) is -0.161. The molecular formula is C21H18N4O. The van der Waals surface area contributed by atoms with Crippen LogP contribution in [-0.4, -0.2) is 20.7 Å². The second-order valence-electron chi connectivity index (χ2n) is 6.29. The summed E-state index contributed by atoms with van der Waals surface area (Å²) >= 11 is 0. The van der Waals surface area contributed by atoms with E-state index in [1.165, 1.54) is 0 Å². The van der Waals surface area contributed by atoms with Gasteiger partial charge < -0.3 is 5.32 Å². The average Bonchev–Trinajstić information content (AvgIpc) is 3.08. The van der Waals surface area contributed by atoms with E-state index in [0.717, 1.165) is 27.6 Å². The molecule has 2 aromatic carbocycles. The van der Waals surface area contributed by atoms with Crippen molar-refractivity contribution in [3.8, 4) is 11.1 Å². The minimum absolute atomic E-state index is 0.161. The average molecular weight is 342 g/mol. The molecule has 0 saturated carbocycles. The molecule has 1 amide bonds. The number of amides is 1. The second-order valence-corrected chi connectivity index (χ2v) is 6.29. The summed E-state index contributed by atoms with van der Waals surface area (Å²) in [4.78, 5) is 17.4. The molecule has 0 unspecified atom stereocenters. The van der Waals surface area contributed by atoms with Gasteiger partial charge in [0.05, 0.1) is 17.4 Å². The van der Waals surface area contributed by atoms with Gasteiger partial charge >= 0.3 is 0 Å². The van der Waals surface area contributed by atoms with Crippen LogP contribution in [0.1, 0.15) is 15.9 Å². The summed E-state index contributed by atoms with van der Waals surface area (Å²) in [6, 6.07) is 15.5. The third-order valence-corrected chi connectivity index (χ3v) is 4.32. The third-order valence-electron chi connectivity index (χ3n) is 4.32. The van der Waals surface area contributed by atoms with Crippen LogP contribution in [-0.2, 0) is 7.05 Å². The number of carbonyl (C=O) groups excluding carboxylic acids is 1. The van der Waals surface area contributed by atoms with Crippen molar-refractivity contribution >= 4 is 22.5 Å². The zero-order valence-corrected chi connectivity index (χ0v) is 14.6. The fraction of sp³-hybridized carbons (Fsp3) is 0.0952. The van der Waals surface area contributed by atoms with Crippen LogP contribution in [0.25, 0.3) is 22.0 Å². The molecule has 0 spiro atoms. The summed E-state index contributed by atoms with van der Waals surface area (Å²) in [5, 5.41) is 8.22. The Kier molecular flexibility index (Phi) is 3.97. The van der Waals surface area contributed by atoms with Crippen LogP contribution in [0.3, 0.4) is 0 Å². The Morgan fingerprint density at radius 1 is 1.12 bits per heavy atom. The van der Waals surface area contributed by atoms with Crippen LogP contribution in [0.4, 0.5) is 5.69 Å². The summed E-state index contributed by atoms with van der Waals surface area (Å²) in [7, 11) is 1.86. The van der Waals surface area contributed by atoms with Gasteiger partial charge in [-0.2, -0.15) is 5.10 Å². The lowest BCUT2D eigenvalue weighted by Gasteiger charge is -2.11. The molecule has 4 aromatic rings. The number of fused-ring (bicyclic) bond motifs is 1. The molecule has 2 heterocycles. The highest BCUT2D eigenvalue weighted by Gasteiger charge is 2.15. The molecule has 0 saturated heterocycles. The monoisotopic (exact) mass is 342 g/mol. The van der Waals surface area contributed by atoms with E-state index in [0.29, 0.717) is 11.3 Å². The number of aryl methyl sites for hydroxylation is 2. The quantitative estimate of drug-likeness (QED) is 0.607. The zero-order chi connectivity index (χ0) is 18.1. The molecule has 5 heteroatoms. The van der Waals surface area contributed by atoms with Gasteiger partial charge in [0.1, 0.15) is 0 Å². The topological polar surface area (TPSA) is 59.8 Å². The van der Waals surface area contributed by atoms with E-state index < -0.39 is 0 Å². The van der Waals surface area contributed by atoms with Crippen LogP contribution >= 0.6 is 0 Å². The molecule has 26 heavy (non-hydrogen) atoms. The normalized spacial score (nSPS) is 10.8. The molecule has 0 fully saturated rings. The van der Waals surface area contributed by atoms with E-state index in [1.54, 1.807) is 17.1 Å². The molecule has 0 radical (unpaired) electrons. The van der Waals surface area contributed by atoms with Gasteiger partial charge in [0.15, 0.2) is 0 Å². The Hall–Kier alpha value is -3.47. The summed E-state index contributed by atoms with van der Waals surface area (Å²) in [5.41, 5.74) is 4.89. The lowest BCUT2D eigenvalue weighted by Crippen LogP contribution is -2.14. The lowest BCUT2D eigenvalue weighted by atomic mass is 9.99. The fourth-order valence-electron chi connectivity index (χ4n) is 3.05. The summed E-state index contributed by atoms with van der Waals surface area (Å²) in [6.07, 6.45) is 5.40. The first-order chi connectivity index (χ1) is 12.6. The van der Waals surface area contributed by atoms with Gasteiger partial charge in [0.25, 0.3) is 5.91 Å². The van der Waals surface area contributed by atoms with Gasteiger partial charge in [0, 0.05) is 36.0 Å². The number of pyridine rings is 1. The van der Waals surface area contributed by atoms with Gasteiger partial charge in [-0.1, -0.05) is 35.9 Å². The summed E-state index contributed by atoms with van der Waals surface area (Å²) in [6.45, 7) is 1.98. The number of nitrogens with zero attached hydrogens (tertiary/aromatic N) is 3. The fourth-order valence-corrected chi connectivity index (χ4v) is 3.05. The molecule has 0 atom stereocenters. The van der Waals surface area contributed by atoms with E-state index in [4.69, 9.17) is 0 Å². The first kappa shape index (κ1) is 16.0. The molecule has 128 valence electrons. The van der Waals surface area contributed by atoms with E-state index >= 15 is 0 Å². The molecule has 1 N–H and O–H groups in total. The maximum absolute atomic E-state index is 13.0. The molecule has 0 bridgehead atoms. The number of anilines is 1. The Labute approximate surface area is 151 Å². The molecule has 0 aliphatic heterocycles. The van der Waals surface area contributed by atoms with Crippen LogP contribution in [0.15, 0.2) is 67.1 Å². The third kappa shape index (κ3) is 2.95. The maximum Gasteiger partial charge on any atom is 0.256 e. The highest BCUT2D eigenvalue weighted by atomic mass is 16.1. The van der Waals surface area contributed by atoms with Gasteiger partial charge in [0.2, 0.25) is 0 Å². The van der Waals surface area contributed by atoms with Crippen molar-refractivity contribution in [2.24, 2.45) is 7.05 Å². The number of rotatable bonds is 3. The van der Waals surface area contributed by atoms with E-state index in [-0.39, 0.29) is 5.91 Å². The van der Waals surface area contributed by atoms with Gasteiger partial charge in [-0.25, -0.2) is 0 Å². The highest BCUT2D eigenvalue weighted by molar-refractivity contribution is 6.11. The number of benzene rings is 2. The Bertz CT molecular complexity index is 1110. The molecule has 0 aliphatic carbocycles. The maximum atomic E-state index is 13.0. The highest BCUT2D eigenvalue weighted by Crippen LogP contribution is 2.27. The first-order valence-corrected chi connectivity index (χ1v) is 8.36. The Morgan fingerprint density at radius 3 is 2.77 bits per heavy atom. The van der Waals surface area contributed by atoms with Crippen LogP contribution in [0.2, 0.25) is 0 Å². The number of hydrogen-bond donors (Lipinski definition) is 1. The van der Waals surface area contributed by atoms with Crippen molar-refractivity contribution in [3.63, 3.8) is 0 Å². The van der Waals surface area contributed by atoms with Crippen molar-refractivity contribution in [2.75, 3.05) is 5.32 Å². The van der Waals surface area contributed by atoms with E-state index in [9.17, 15) is 4.79 Å². The van der Waals surface area contributed by atoms with Crippen molar-refractivity contribution in [1.29, 1.82) is 0 Å². The van der Waals surface area contributed by atoms with E-state index in [1.807, 2.05) is 68.7 Å². The van der Waals surface area contributed by atoms with Gasteiger partial charge in [-0.15, -0.1) is 0 Å². The van der Waals surface area contributed by atoms with E-state index in [2.05, 4.69) is 15.4 Å². The smallest absolute Gasteiger partial charge is 0.256 e. The number of hydrogen-bond acceptors (Lipinski definition) is 3. The van der Waals surface area contributed by atoms with Crippen molar-refractivity contribution < 1.29 is 4.79 Å². The largest absolute Gasteiger partial charge is 0.320 e. The number of nitrogens with one attached hydrogen (secondary N) is 1. The molecular weight excluding hydrogens is 324 g/mol. The molecule has 5 nitrogen and oxygen atoms in total. The molecule has 4 rings (SSSR count). The molecule has 0 aliphatic rings. The first-order valence-electron chi connectivity index (χ1n) is 8.36. The minimum atomic E-state index is -0.161. The minimum Gasteiger partial charge on any atom is -0.320 e.